The van der Waals surface area contributed by atoms with E-state index in [2.05, 4.69) is 141 Å². The van der Waals surface area contributed by atoms with E-state index in [0.717, 1.165) is 110 Å². The second-order valence-electron chi connectivity index (χ2n) is 13.9. The van der Waals surface area contributed by atoms with Crippen LogP contribution < -0.4 is 0 Å². The largest absolute Gasteiger partial charge is 0.455 e. The first-order valence-electron chi connectivity index (χ1n) is 18.1. The van der Waals surface area contributed by atoms with Crippen molar-refractivity contribution in [1.29, 1.82) is 0 Å². The maximum Gasteiger partial charge on any atom is 0.211 e. The molecule has 0 unspecified atom stereocenters. The van der Waals surface area contributed by atoms with E-state index >= 15 is 0 Å². The first kappa shape index (κ1) is 29.1. The fraction of sp³-hybridized carbons (Fsp3) is 0. The molecule has 0 saturated heterocycles. The number of benzene rings is 8. The van der Waals surface area contributed by atoms with Crippen LogP contribution in [0.15, 0.2) is 173 Å². The van der Waals surface area contributed by atoms with E-state index < -0.39 is 0 Å². The molecule has 0 radical (unpaired) electrons. The van der Waals surface area contributed by atoms with Gasteiger partial charge in [0.1, 0.15) is 22.3 Å². The molecule has 0 amide bonds. The van der Waals surface area contributed by atoms with Crippen molar-refractivity contribution in [3.63, 3.8) is 0 Å². The number of nitrogens with zero attached hydrogens (tertiary/aromatic N) is 3. The van der Waals surface area contributed by atoms with E-state index in [4.69, 9.17) is 15.4 Å². The fourth-order valence-corrected chi connectivity index (χ4v) is 8.87. The minimum atomic E-state index is 0.584. The molecule has 5 heteroatoms. The number of aromatic nitrogens is 2. The third-order valence-corrected chi connectivity index (χ3v) is 11.2. The summed E-state index contributed by atoms with van der Waals surface area (Å²) in [6, 6.07) is 56.9. The Labute approximate surface area is 307 Å². The molecule has 0 aliphatic carbocycles. The minimum absolute atomic E-state index is 0.584. The Morgan fingerprint density at radius 1 is 0.407 bits per heavy atom. The summed E-state index contributed by atoms with van der Waals surface area (Å²) >= 11 is 0. The Balaban J connectivity index is 1.08. The van der Waals surface area contributed by atoms with Gasteiger partial charge in [-0.25, -0.2) is 4.85 Å². The van der Waals surface area contributed by atoms with Crippen molar-refractivity contribution >= 4 is 93.2 Å². The molecule has 8 aromatic carbocycles. The van der Waals surface area contributed by atoms with Crippen molar-refractivity contribution < 1.29 is 8.83 Å². The van der Waals surface area contributed by atoms with Crippen LogP contribution >= 0.6 is 0 Å². The van der Waals surface area contributed by atoms with Gasteiger partial charge in [0, 0.05) is 38.0 Å². The summed E-state index contributed by atoms with van der Waals surface area (Å²) in [5, 5.41) is 8.82. The van der Waals surface area contributed by atoms with E-state index in [1.54, 1.807) is 0 Å². The molecule has 250 valence electrons. The lowest BCUT2D eigenvalue weighted by Crippen LogP contribution is -1.98. The third-order valence-electron chi connectivity index (χ3n) is 11.2. The van der Waals surface area contributed by atoms with Crippen molar-refractivity contribution in [2.75, 3.05) is 0 Å². The lowest BCUT2D eigenvalue weighted by molar-refractivity contribution is 0.672. The van der Waals surface area contributed by atoms with Gasteiger partial charge in [0.05, 0.1) is 45.1 Å². The molecule has 0 fully saturated rings. The van der Waals surface area contributed by atoms with Crippen molar-refractivity contribution in [2.45, 2.75) is 0 Å². The van der Waals surface area contributed by atoms with Crippen LogP contribution in [-0.2, 0) is 0 Å². The van der Waals surface area contributed by atoms with Gasteiger partial charge in [0.15, 0.2) is 0 Å². The number of hydrogen-bond acceptors (Lipinski definition) is 2. The fourth-order valence-electron chi connectivity index (χ4n) is 8.87. The number of para-hydroxylation sites is 5. The minimum Gasteiger partial charge on any atom is -0.455 e. The number of hydrogen-bond donors (Lipinski definition) is 0. The highest BCUT2D eigenvalue weighted by Crippen LogP contribution is 2.45. The summed E-state index contributed by atoms with van der Waals surface area (Å²) in [6.45, 7) is 8.32. The van der Waals surface area contributed by atoms with Crippen molar-refractivity contribution in [3.8, 4) is 22.5 Å². The molecule has 4 heterocycles. The Morgan fingerprint density at radius 2 is 0.926 bits per heavy atom. The van der Waals surface area contributed by atoms with Crippen LogP contribution in [0, 0.1) is 6.57 Å². The molecule has 0 atom stereocenters. The molecular formula is C49H27N3O2. The van der Waals surface area contributed by atoms with Gasteiger partial charge < -0.3 is 18.0 Å². The van der Waals surface area contributed by atoms with E-state index in [1.807, 2.05) is 36.4 Å². The van der Waals surface area contributed by atoms with E-state index in [0.29, 0.717) is 5.69 Å². The normalized spacial score (nSPS) is 12.1. The van der Waals surface area contributed by atoms with Crippen LogP contribution in [-0.4, -0.2) is 9.13 Å². The standard InChI is InChI=1S/C49H27N3O2/c1-50-38-16-10-15-31(47(38)52-40-18-7-3-14-37(40)46-42(52)28-26-35-33-12-5-9-20-44(33)54-49(35)46)29-21-23-30(24-22-29)51-39-17-6-2-13-36(39)45-41(51)27-25-34-32-11-4-8-19-43(32)53-48(34)45/h2-28H. The third kappa shape index (κ3) is 3.81. The summed E-state index contributed by atoms with van der Waals surface area (Å²) in [6.07, 6.45) is 0. The van der Waals surface area contributed by atoms with Gasteiger partial charge in [-0.1, -0.05) is 103 Å². The van der Waals surface area contributed by atoms with Gasteiger partial charge in [-0.3, -0.25) is 0 Å². The molecule has 12 aromatic rings. The molecular weight excluding hydrogens is 663 g/mol. The van der Waals surface area contributed by atoms with Crippen LogP contribution in [0.4, 0.5) is 5.69 Å². The predicted molar refractivity (Wildman–Crippen MR) is 221 cm³/mol. The average molecular weight is 690 g/mol. The van der Waals surface area contributed by atoms with Crippen LogP contribution in [0.5, 0.6) is 0 Å². The highest BCUT2D eigenvalue weighted by atomic mass is 16.3. The number of fused-ring (bicyclic) bond motifs is 14. The van der Waals surface area contributed by atoms with Gasteiger partial charge in [-0.2, -0.15) is 0 Å². The van der Waals surface area contributed by atoms with Crippen LogP contribution in [0.25, 0.3) is 115 Å². The summed E-state index contributed by atoms with van der Waals surface area (Å²) in [5.74, 6) is 0. The van der Waals surface area contributed by atoms with Crippen LogP contribution in [0.3, 0.4) is 0 Å². The van der Waals surface area contributed by atoms with E-state index in [1.165, 1.54) is 0 Å². The SMILES string of the molecule is [C-]#[N+]c1cccc(-c2ccc(-n3c4ccccc4c4c5oc6ccccc6c5ccc43)cc2)c1-n1c2ccccc2c2c3oc4ccccc4c3ccc21. The monoisotopic (exact) mass is 689 g/mol. The summed E-state index contributed by atoms with van der Waals surface area (Å²) < 4.78 is 17.7. The zero-order valence-electron chi connectivity index (χ0n) is 28.7. The molecule has 54 heavy (non-hydrogen) atoms. The summed E-state index contributed by atoms with van der Waals surface area (Å²) in [5.41, 5.74) is 12.2. The Bertz CT molecular complexity index is 3570. The average Bonchev–Trinajstić information content (AvgIpc) is 3.98. The first-order chi connectivity index (χ1) is 26.8. The number of furan rings is 2. The highest BCUT2D eigenvalue weighted by Gasteiger charge is 2.23. The first-order valence-corrected chi connectivity index (χ1v) is 18.1. The maximum absolute atomic E-state index is 8.32. The molecule has 0 aliphatic heterocycles. The Hall–Kier alpha value is -7.55. The lowest BCUT2D eigenvalue weighted by atomic mass is 10.0. The van der Waals surface area contributed by atoms with Gasteiger partial charge in [-0.05, 0) is 71.8 Å². The molecule has 4 aromatic heterocycles. The van der Waals surface area contributed by atoms with Gasteiger partial charge in [0.25, 0.3) is 0 Å². The van der Waals surface area contributed by atoms with Crippen molar-refractivity contribution in [1.82, 2.24) is 9.13 Å². The summed E-state index contributed by atoms with van der Waals surface area (Å²) in [4.78, 5) is 4.08. The topological polar surface area (TPSA) is 40.5 Å². The van der Waals surface area contributed by atoms with Gasteiger partial charge >= 0.3 is 0 Å². The van der Waals surface area contributed by atoms with E-state index in [9.17, 15) is 0 Å². The van der Waals surface area contributed by atoms with E-state index in [-0.39, 0.29) is 0 Å². The molecule has 0 saturated carbocycles. The Morgan fingerprint density at radius 3 is 1.52 bits per heavy atom. The molecule has 0 N–H and O–H groups in total. The molecule has 0 aliphatic rings. The molecule has 5 nitrogen and oxygen atoms in total. The molecule has 0 bridgehead atoms. The smallest absolute Gasteiger partial charge is 0.211 e. The quantitative estimate of drug-likeness (QED) is 0.173. The zero-order chi connectivity index (χ0) is 35.5. The molecule has 0 spiro atoms. The zero-order valence-corrected chi connectivity index (χ0v) is 28.7. The molecule has 12 rings (SSSR count). The maximum atomic E-state index is 8.32. The van der Waals surface area contributed by atoms with Crippen LogP contribution in [0.1, 0.15) is 0 Å². The van der Waals surface area contributed by atoms with Gasteiger partial charge in [-0.15, -0.1) is 0 Å². The second kappa shape index (κ2) is 10.7. The van der Waals surface area contributed by atoms with Crippen molar-refractivity contribution in [2.24, 2.45) is 0 Å². The number of rotatable bonds is 3. The van der Waals surface area contributed by atoms with Crippen LogP contribution in [0.2, 0.25) is 0 Å². The second-order valence-corrected chi connectivity index (χ2v) is 13.9. The highest BCUT2D eigenvalue weighted by molar-refractivity contribution is 6.25. The van der Waals surface area contributed by atoms with Gasteiger partial charge in [0.2, 0.25) is 5.69 Å². The lowest BCUT2D eigenvalue weighted by Gasteiger charge is -2.17. The summed E-state index contributed by atoms with van der Waals surface area (Å²) in [7, 11) is 0. The Kier molecular flexibility index (Phi) is 5.78. The van der Waals surface area contributed by atoms with Crippen molar-refractivity contribution in [3.05, 3.63) is 175 Å². The predicted octanol–water partition coefficient (Wildman–Crippen LogP) is 13.9.